The Balaban J connectivity index is 2.50. The number of carbonyl (C=O) groups is 1. The van der Waals surface area contributed by atoms with Crippen molar-refractivity contribution in [1.82, 2.24) is 9.59 Å². The minimum atomic E-state index is -0.741. The van der Waals surface area contributed by atoms with Crippen molar-refractivity contribution in [2.24, 2.45) is 0 Å². The minimum absolute atomic E-state index is 0.0840. The standard InChI is InChI=1S/C9H3BrClFN2OS/c10-5-2-1-4(8(12)7(5)11)9(15)6-3-13-14-16-6/h1-3H. The molecule has 0 saturated carbocycles. The highest BCUT2D eigenvalue weighted by Crippen LogP contribution is 2.28. The van der Waals surface area contributed by atoms with Gasteiger partial charge >= 0.3 is 0 Å². The first-order valence-electron chi connectivity index (χ1n) is 4.07. The summed E-state index contributed by atoms with van der Waals surface area (Å²) in [5.41, 5.74) is -0.0840. The Kier molecular flexibility index (Phi) is 3.32. The summed E-state index contributed by atoms with van der Waals surface area (Å²) in [5.74, 6) is -1.21. The van der Waals surface area contributed by atoms with Gasteiger partial charge in [0.05, 0.1) is 16.8 Å². The maximum absolute atomic E-state index is 13.7. The molecular weight excluding hydrogens is 319 g/mol. The van der Waals surface area contributed by atoms with Gasteiger partial charge in [-0.25, -0.2) is 4.39 Å². The van der Waals surface area contributed by atoms with E-state index in [9.17, 15) is 9.18 Å². The molecule has 0 aliphatic rings. The first kappa shape index (κ1) is 11.6. The number of ketones is 1. The monoisotopic (exact) mass is 320 g/mol. The molecule has 1 heterocycles. The van der Waals surface area contributed by atoms with E-state index in [1.165, 1.54) is 18.3 Å². The normalized spacial score (nSPS) is 10.4. The van der Waals surface area contributed by atoms with Crippen molar-refractivity contribution in [1.29, 1.82) is 0 Å². The fourth-order valence-corrected chi connectivity index (χ4v) is 2.04. The molecule has 0 aliphatic carbocycles. The zero-order valence-electron chi connectivity index (χ0n) is 7.58. The van der Waals surface area contributed by atoms with Crippen molar-refractivity contribution in [2.75, 3.05) is 0 Å². The number of rotatable bonds is 2. The summed E-state index contributed by atoms with van der Waals surface area (Å²) >= 11 is 9.67. The van der Waals surface area contributed by atoms with Gasteiger partial charge in [-0.2, -0.15) is 0 Å². The van der Waals surface area contributed by atoms with Gasteiger partial charge in [0.2, 0.25) is 5.78 Å². The summed E-state index contributed by atoms with van der Waals surface area (Å²) in [6.07, 6.45) is 1.29. The first-order valence-corrected chi connectivity index (χ1v) is 6.01. The van der Waals surface area contributed by atoms with Gasteiger partial charge in [-0.1, -0.05) is 16.1 Å². The van der Waals surface area contributed by atoms with Crippen molar-refractivity contribution in [3.63, 3.8) is 0 Å². The summed E-state index contributed by atoms with van der Waals surface area (Å²) in [6, 6.07) is 2.89. The average molecular weight is 322 g/mol. The highest BCUT2D eigenvalue weighted by atomic mass is 79.9. The zero-order valence-corrected chi connectivity index (χ0v) is 10.7. The van der Waals surface area contributed by atoms with E-state index in [1.54, 1.807) is 0 Å². The molecule has 16 heavy (non-hydrogen) atoms. The number of hydrogen-bond acceptors (Lipinski definition) is 4. The second-order valence-electron chi connectivity index (χ2n) is 2.83. The number of halogens is 3. The van der Waals surface area contributed by atoms with Gasteiger partial charge in [0, 0.05) is 4.47 Å². The third-order valence-corrected chi connectivity index (χ3v) is 3.79. The SMILES string of the molecule is O=C(c1cnns1)c1ccc(Br)c(Cl)c1F. The molecule has 0 bridgehead atoms. The van der Waals surface area contributed by atoms with Gasteiger partial charge in [0.25, 0.3) is 0 Å². The third-order valence-electron chi connectivity index (χ3n) is 1.86. The van der Waals surface area contributed by atoms with Crippen molar-refractivity contribution in [3.05, 3.63) is 44.1 Å². The van der Waals surface area contributed by atoms with Gasteiger partial charge in [0.1, 0.15) is 4.88 Å². The predicted molar refractivity (Wildman–Crippen MR) is 62.5 cm³/mol. The van der Waals surface area contributed by atoms with Gasteiger partial charge in [-0.3, -0.25) is 4.79 Å². The van der Waals surface area contributed by atoms with Gasteiger partial charge in [-0.15, -0.1) is 5.10 Å². The van der Waals surface area contributed by atoms with E-state index in [4.69, 9.17) is 11.6 Å². The molecule has 1 aromatic heterocycles. The van der Waals surface area contributed by atoms with Gasteiger partial charge < -0.3 is 0 Å². The maximum Gasteiger partial charge on any atom is 0.209 e. The van der Waals surface area contributed by atoms with Crippen molar-refractivity contribution >= 4 is 44.8 Å². The van der Waals surface area contributed by atoms with Crippen LogP contribution in [-0.4, -0.2) is 15.4 Å². The smallest absolute Gasteiger partial charge is 0.209 e. The van der Waals surface area contributed by atoms with Crippen molar-refractivity contribution < 1.29 is 9.18 Å². The van der Waals surface area contributed by atoms with E-state index in [0.29, 0.717) is 4.47 Å². The molecule has 0 fully saturated rings. The van der Waals surface area contributed by atoms with Crippen LogP contribution in [0, 0.1) is 5.82 Å². The minimum Gasteiger partial charge on any atom is -0.287 e. The lowest BCUT2D eigenvalue weighted by Crippen LogP contribution is -2.02. The molecule has 0 unspecified atom stereocenters. The van der Waals surface area contributed by atoms with Crippen LogP contribution in [0.5, 0.6) is 0 Å². The molecule has 0 spiro atoms. The molecule has 0 aliphatic heterocycles. The second kappa shape index (κ2) is 4.57. The van der Waals surface area contributed by atoms with Crippen LogP contribution in [0.1, 0.15) is 15.2 Å². The van der Waals surface area contributed by atoms with E-state index in [2.05, 4.69) is 25.5 Å². The Morgan fingerprint density at radius 2 is 2.25 bits per heavy atom. The lowest BCUT2D eigenvalue weighted by molar-refractivity contribution is 0.103. The van der Waals surface area contributed by atoms with E-state index in [0.717, 1.165) is 11.5 Å². The summed E-state index contributed by atoms with van der Waals surface area (Å²) < 4.78 is 17.6. The molecule has 2 rings (SSSR count). The molecule has 0 radical (unpaired) electrons. The Morgan fingerprint density at radius 1 is 1.50 bits per heavy atom. The third kappa shape index (κ3) is 2.00. The maximum atomic E-state index is 13.7. The molecule has 7 heteroatoms. The number of hydrogen-bond donors (Lipinski definition) is 0. The molecule has 1 aromatic carbocycles. The highest BCUT2D eigenvalue weighted by molar-refractivity contribution is 9.10. The van der Waals surface area contributed by atoms with Crippen LogP contribution in [0.25, 0.3) is 0 Å². The lowest BCUT2D eigenvalue weighted by atomic mass is 10.1. The topological polar surface area (TPSA) is 42.9 Å². The Labute approximate surface area is 108 Å². The number of nitrogens with zero attached hydrogens (tertiary/aromatic N) is 2. The molecule has 0 atom stereocenters. The first-order chi connectivity index (χ1) is 7.61. The summed E-state index contributed by atoms with van der Waals surface area (Å²) in [7, 11) is 0. The summed E-state index contributed by atoms with van der Waals surface area (Å²) in [6.45, 7) is 0. The molecule has 0 saturated heterocycles. The molecule has 0 N–H and O–H groups in total. The lowest BCUT2D eigenvalue weighted by Gasteiger charge is -2.03. The van der Waals surface area contributed by atoms with Crippen LogP contribution in [0.2, 0.25) is 5.02 Å². The zero-order chi connectivity index (χ0) is 11.7. The van der Waals surface area contributed by atoms with Crippen LogP contribution in [0.4, 0.5) is 4.39 Å². The van der Waals surface area contributed by atoms with E-state index in [-0.39, 0.29) is 15.5 Å². The molecule has 0 amide bonds. The van der Waals surface area contributed by atoms with Crippen LogP contribution in [-0.2, 0) is 0 Å². The van der Waals surface area contributed by atoms with E-state index in [1.807, 2.05) is 0 Å². The summed E-state index contributed by atoms with van der Waals surface area (Å²) in [5, 5.41) is 3.41. The van der Waals surface area contributed by atoms with E-state index >= 15 is 0 Å². The molecule has 3 nitrogen and oxygen atoms in total. The van der Waals surface area contributed by atoms with Gasteiger partial charge in [0.15, 0.2) is 5.82 Å². The Hall–Kier alpha value is -0.850. The van der Waals surface area contributed by atoms with Crippen LogP contribution < -0.4 is 0 Å². The van der Waals surface area contributed by atoms with E-state index < -0.39 is 11.6 Å². The van der Waals surface area contributed by atoms with Crippen LogP contribution in [0.3, 0.4) is 0 Å². The molecule has 82 valence electrons. The number of benzene rings is 1. The Bertz CT molecular complexity index is 547. The fourth-order valence-electron chi connectivity index (χ4n) is 1.10. The Morgan fingerprint density at radius 3 is 2.88 bits per heavy atom. The summed E-state index contributed by atoms with van der Waals surface area (Å²) in [4.78, 5) is 12.1. The molecule has 2 aromatic rings. The van der Waals surface area contributed by atoms with Crippen LogP contribution in [0.15, 0.2) is 22.8 Å². The van der Waals surface area contributed by atoms with Crippen molar-refractivity contribution in [2.45, 2.75) is 0 Å². The fraction of sp³-hybridized carbons (Fsp3) is 0. The molecular formula is C9H3BrClFN2OS. The van der Waals surface area contributed by atoms with Crippen molar-refractivity contribution in [3.8, 4) is 0 Å². The largest absolute Gasteiger partial charge is 0.287 e. The van der Waals surface area contributed by atoms with Gasteiger partial charge in [-0.05, 0) is 39.6 Å². The van der Waals surface area contributed by atoms with Crippen LogP contribution >= 0.6 is 39.1 Å². The second-order valence-corrected chi connectivity index (χ2v) is 4.85. The highest BCUT2D eigenvalue weighted by Gasteiger charge is 2.19. The number of aromatic nitrogens is 2. The predicted octanol–water partition coefficient (Wildman–Crippen LogP) is 3.32. The quantitative estimate of drug-likeness (QED) is 0.629. The average Bonchev–Trinajstić information content (AvgIpc) is 2.79. The number of carbonyl (C=O) groups excluding carboxylic acids is 1.